The lowest BCUT2D eigenvalue weighted by atomic mass is 10.2. The van der Waals surface area contributed by atoms with E-state index in [0.29, 0.717) is 22.7 Å². The first kappa shape index (κ1) is 21.0. The molecule has 3 amide bonds. The van der Waals surface area contributed by atoms with E-state index >= 15 is 0 Å². The van der Waals surface area contributed by atoms with E-state index in [4.69, 9.17) is 15.9 Å². The van der Waals surface area contributed by atoms with Gasteiger partial charge in [0.1, 0.15) is 0 Å². The van der Waals surface area contributed by atoms with Crippen LogP contribution in [0.1, 0.15) is 5.56 Å². The molecule has 0 saturated carbocycles. The molecule has 0 radical (unpaired) electrons. The van der Waals surface area contributed by atoms with Crippen LogP contribution in [0.2, 0.25) is 0 Å². The Balaban J connectivity index is 1.68. The van der Waals surface area contributed by atoms with Crippen LogP contribution < -0.4 is 14.8 Å². The summed E-state index contributed by atoms with van der Waals surface area (Å²) in [7, 11) is 1.47. The van der Waals surface area contributed by atoms with Crippen molar-refractivity contribution in [1.82, 2.24) is 4.90 Å². The van der Waals surface area contributed by atoms with Crippen molar-refractivity contribution in [2.24, 2.45) is 0 Å². The van der Waals surface area contributed by atoms with Gasteiger partial charge in [-0.15, -0.1) is 6.42 Å². The number of imide groups is 1. The van der Waals surface area contributed by atoms with E-state index in [9.17, 15) is 14.4 Å². The number of methoxy groups -OCH3 is 1. The predicted octanol–water partition coefficient (Wildman–Crippen LogP) is 3.38. The van der Waals surface area contributed by atoms with E-state index in [2.05, 4.69) is 11.2 Å². The molecular weight excluding hydrogens is 404 g/mol. The van der Waals surface area contributed by atoms with Crippen LogP contribution in [-0.4, -0.2) is 42.2 Å². The van der Waals surface area contributed by atoms with Gasteiger partial charge in [0.05, 0.1) is 18.6 Å². The van der Waals surface area contributed by atoms with Crippen LogP contribution in [0, 0.1) is 12.3 Å². The number of nitrogens with zero attached hydrogens (tertiary/aromatic N) is 1. The molecule has 0 bridgehead atoms. The fourth-order valence-corrected chi connectivity index (χ4v) is 3.47. The number of benzene rings is 2. The van der Waals surface area contributed by atoms with Crippen molar-refractivity contribution in [2.75, 3.05) is 25.6 Å². The Morgan fingerprint density at radius 2 is 1.97 bits per heavy atom. The minimum Gasteiger partial charge on any atom is -0.493 e. The molecule has 1 heterocycles. The molecule has 1 saturated heterocycles. The maximum Gasteiger partial charge on any atom is 0.294 e. The van der Waals surface area contributed by atoms with Gasteiger partial charge in [-0.05, 0) is 47.7 Å². The van der Waals surface area contributed by atoms with Crippen LogP contribution in [0.3, 0.4) is 0 Å². The van der Waals surface area contributed by atoms with Gasteiger partial charge < -0.3 is 14.8 Å². The molecule has 0 aliphatic carbocycles. The van der Waals surface area contributed by atoms with E-state index in [1.54, 1.807) is 36.4 Å². The number of carbonyl (C=O) groups excluding carboxylic acids is 3. The lowest BCUT2D eigenvalue weighted by Gasteiger charge is -2.12. The average molecular weight is 422 g/mol. The predicted molar refractivity (Wildman–Crippen MR) is 115 cm³/mol. The number of ether oxygens (including phenoxy) is 2. The third kappa shape index (κ3) is 5.01. The van der Waals surface area contributed by atoms with E-state index in [-0.39, 0.29) is 24.0 Å². The van der Waals surface area contributed by atoms with Crippen molar-refractivity contribution in [2.45, 2.75) is 0 Å². The maximum atomic E-state index is 12.3. The SMILES string of the molecule is C#CCN1C(=O)SC(=Cc2ccc(OCC(=O)Nc3ccccc3)c(OC)c2)C1=O. The molecule has 8 heteroatoms. The van der Waals surface area contributed by atoms with Gasteiger partial charge >= 0.3 is 0 Å². The van der Waals surface area contributed by atoms with Gasteiger partial charge in [0.15, 0.2) is 18.1 Å². The van der Waals surface area contributed by atoms with E-state index in [1.807, 2.05) is 18.2 Å². The van der Waals surface area contributed by atoms with Gasteiger partial charge in [0.25, 0.3) is 17.1 Å². The number of amides is 3. The van der Waals surface area contributed by atoms with Crippen molar-refractivity contribution in [3.8, 4) is 23.8 Å². The Morgan fingerprint density at radius 3 is 2.67 bits per heavy atom. The topological polar surface area (TPSA) is 84.9 Å². The van der Waals surface area contributed by atoms with E-state index < -0.39 is 11.1 Å². The Hall–Kier alpha value is -3.70. The summed E-state index contributed by atoms with van der Waals surface area (Å²) in [6.45, 7) is -0.265. The van der Waals surface area contributed by atoms with Crippen molar-refractivity contribution in [1.29, 1.82) is 0 Å². The number of thioether (sulfide) groups is 1. The quantitative estimate of drug-likeness (QED) is 0.544. The van der Waals surface area contributed by atoms with Crippen LogP contribution in [0.15, 0.2) is 53.4 Å². The second-order valence-corrected chi connectivity index (χ2v) is 7.08. The number of hydrogen-bond donors (Lipinski definition) is 1. The average Bonchev–Trinajstić information content (AvgIpc) is 3.01. The van der Waals surface area contributed by atoms with Crippen LogP contribution in [0.4, 0.5) is 10.5 Å². The Bertz CT molecular complexity index is 1040. The number of para-hydroxylation sites is 1. The summed E-state index contributed by atoms with van der Waals surface area (Å²) < 4.78 is 10.9. The van der Waals surface area contributed by atoms with Crippen LogP contribution >= 0.6 is 11.8 Å². The van der Waals surface area contributed by atoms with Gasteiger partial charge in [-0.2, -0.15) is 0 Å². The molecule has 3 rings (SSSR count). The minimum atomic E-state index is -0.431. The Kier molecular flexibility index (Phi) is 6.78. The van der Waals surface area contributed by atoms with E-state index in [1.165, 1.54) is 7.11 Å². The molecule has 30 heavy (non-hydrogen) atoms. The van der Waals surface area contributed by atoms with Crippen LogP contribution in [0.5, 0.6) is 11.5 Å². The van der Waals surface area contributed by atoms with Gasteiger partial charge in [0.2, 0.25) is 0 Å². The first-order chi connectivity index (χ1) is 14.5. The highest BCUT2D eigenvalue weighted by atomic mass is 32.2. The second kappa shape index (κ2) is 9.67. The maximum absolute atomic E-state index is 12.3. The number of anilines is 1. The molecule has 1 aliphatic heterocycles. The summed E-state index contributed by atoms with van der Waals surface area (Å²) in [5, 5.41) is 2.33. The molecule has 1 fully saturated rings. The number of rotatable bonds is 7. The molecule has 0 atom stereocenters. The zero-order valence-corrected chi connectivity index (χ0v) is 16.9. The smallest absolute Gasteiger partial charge is 0.294 e. The fourth-order valence-electron chi connectivity index (χ4n) is 2.63. The second-order valence-electron chi connectivity index (χ2n) is 6.09. The molecule has 1 N–H and O–H groups in total. The first-order valence-corrected chi connectivity index (χ1v) is 9.68. The summed E-state index contributed by atoms with van der Waals surface area (Å²) >= 11 is 0.827. The molecule has 7 nitrogen and oxygen atoms in total. The Labute approximate surface area is 178 Å². The largest absolute Gasteiger partial charge is 0.493 e. The van der Waals surface area contributed by atoms with Crippen molar-refractivity contribution in [3.63, 3.8) is 0 Å². The molecule has 0 spiro atoms. The number of hydrogen-bond acceptors (Lipinski definition) is 6. The molecule has 1 aliphatic rings. The third-order valence-electron chi connectivity index (χ3n) is 4.02. The highest BCUT2D eigenvalue weighted by Gasteiger charge is 2.34. The molecule has 0 aromatic heterocycles. The highest BCUT2D eigenvalue weighted by Crippen LogP contribution is 2.34. The molecule has 2 aromatic rings. The standard InChI is InChI=1S/C22H18N2O5S/c1-3-11-24-21(26)19(30-22(24)27)13-15-9-10-17(18(12-15)28-2)29-14-20(25)23-16-7-5-4-6-8-16/h1,4-10,12-13H,11,14H2,2H3,(H,23,25). The lowest BCUT2D eigenvalue weighted by Crippen LogP contribution is -2.28. The zero-order valence-electron chi connectivity index (χ0n) is 16.1. The first-order valence-electron chi connectivity index (χ1n) is 8.86. The number of carbonyl (C=O) groups is 3. The Morgan fingerprint density at radius 1 is 1.20 bits per heavy atom. The van der Waals surface area contributed by atoms with Crippen molar-refractivity contribution < 1.29 is 23.9 Å². The van der Waals surface area contributed by atoms with Crippen LogP contribution in [0.25, 0.3) is 6.08 Å². The molecule has 2 aromatic carbocycles. The normalized spacial score (nSPS) is 14.5. The summed E-state index contributed by atoms with van der Waals surface area (Å²) in [4.78, 5) is 37.5. The van der Waals surface area contributed by atoms with Crippen molar-refractivity contribution in [3.05, 3.63) is 59.0 Å². The van der Waals surface area contributed by atoms with Gasteiger partial charge in [-0.25, -0.2) is 0 Å². The lowest BCUT2D eigenvalue weighted by molar-refractivity contribution is -0.122. The van der Waals surface area contributed by atoms with Crippen LogP contribution in [-0.2, 0) is 9.59 Å². The third-order valence-corrected chi connectivity index (χ3v) is 4.93. The summed E-state index contributed by atoms with van der Waals surface area (Å²) in [6.07, 6.45) is 6.77. The minimum absolute atomic E-state index is 0.0663. The molecule has 152 valence electrons. The summed E-state index contributed by atoms with van der Waals surface area (Å²) in [6, 6.07) is 14.0. The number of terminal acetylenes is 1. The van der Waals surface area contributed by atoms with Gasteiger partial charge in [-0.3, -0.25) is 19.3 Å². The molecule has 0 unspecified atom stereocenters. The monoisotopic (exact) mass is 422 g/mol. The number of nitrogens with one attached hydrogen (secondary N) is 1. The van der Waals surface area contributed by atoms with Gasteiger partial charge in [0, 0.05) is 5.69 Å². The summed E-state index contributed by atoms with van der Waals surface area (Å²) in [5.74, 6) is 2.31. The highest BCUT2D eigenvalue weighted by molar-refractivity contribution is 8.18. The van der Waals surface area contributed by atoms with Crippen molar-refractivity contribution >= 4 is 40.6 Å². The summed E-state index contributed by atoms with van der Waals surface area (Å²) in [5.41, 5.74) is 1.31. The fraction of sp³-hybridized carbons (Fsp3) is 0.136. The van der Waals surface area contributed by atoms with Gasteiger partial charge in [-0.1, -0.05) is 30.2 Å². The zero-order chi connectivity index (χ0) is 21.5. The molecular formula is C22H18N2O5S. The van der Waals surface area contributed by atoms with E-state index in [0.717, 1.165) is 16.7 Å².